The molecule has 1 unspecified atom stereocenters. The number of carbonyl (C=O) groups is 1. The first kappa shape index (κ1) is 24.5. The van der Waals surface area contributed by atoms with Gasteiger partial charge < -0.3 is 16.0 Å². The van der Waals surface area contributed by atoms with Crippen LogP contribution >= 0.6 is 34.8 Å². The fourth-order valence-electron chi connectivity index (χ4n) is 5.04. The summed E-state index contributed by atoms with van der Waals surface area (Å²) in [5.74, 6) is -0.162. The summed E-state index contributed by atoms with van der Waals surface area (Å²) >= 11 is 18.9. The minimum atomic E-state index is -0.160. The Morgan fingerprint density at radius 2 is 1.79 bits per heavy atom. The van der Waals surface area contributed by atoms with Gasteiger partial charge in [-0.15, -0.1) is 0 Å². The van der Waals surface area contributed by atoms with Gasteiger partial charge in [0.05, 0.1) is 22.7 Å². The number of hydrogen-bond donors (Lipinski definition) is 2. The van der Waals surface area contributed by atoms with Crippen LogP contribution in [0.5, 0.6) is 0 Å². The molecule has 2 heterocycles. The van der Waals surface area contributed by atoms with Gasteiger partial charge in [0, 0.05) is 41.4 Å². The Kier molecular flexibility index (Phi) is 7.95. The molecule has 2 aliphatic rings. The van der Waals surface area contributed by atoms with Crippen LogP contribution in [0, 0.1) is 5.92 Å². The van der Waals surface area contributed by atoms with E-state index in [-0.39, 0.29) is 17.9 Å². The highest BCUT2D eigenvalue weighted by molar-refractivity contribution is 6.35. The molecule has 8 heteroatoms. The summed E-state index contributed by atoms with van der Waals surface area (Å²) in [5.41, 5.74) is 8.58. The van der Waals surface area contributed by atoms with E-state index < -0.39 is 0 Å². The monoisotopic (exact) mass is 508 g/mol. The van der Waals surface area contributed by atoms with E-state index in [1.165, 1.54) is 0 Å². The topological polar surface area (TPSA) is 61.6 Å². The number of likely N-dealkylation sites (tertiary alicyclic amines) is 1. The Morgan fingerprint density at radius 1 is 1.03 bits per heavy atom. The lowest BCUT2D eigenvalue weighted by atomic mass is 9.93. The van der Waals surface area contributed by atoms with Crippen molar-refractivity contribution in [3.8, 4) is 0 Å². The molecule has 1 amide bonds. The van der Waals surface area contributed by atoms with Crippen LogP contribution in [-0.4, -0.2) is 43.0 Å². The highest BCUT2D eigenvalue weighted by Crippen LogP contribution is 2.34. The van der Waals surface area contributed by atoms with Crippen molar-refractivity contribution in [1.82, 2.24) is 4.90 Å². The maximum Gasteiger partial charge on any atom is 0.221 e. The summed E-state index contributed by atoms with van der Waals surface area (Å²) in [4.78, 5) is 16.5. The summed E-state index contributed by atoms with van der Waals surface area (Å²) in [6.07, 6.45) is 4.13. The van der Waals surface area contributed by atoms with E-state index in [1.54, 1.807) is 6.07 Å². The first-order valence-electron chi connectivity index (χ1n) is 11.6. The summed E-state index contributed by atoms with van der Waals surface area (Å²) < 4.78 is 0. The first-order chi connectivity index (χ1) is 15.8. The smallest absolute Gasteiger partial charge is 0.221 e. The van der Waals surface area contributed by atoms with Crippen molar-refractivity contribution in [3.05, 3.63) is 57.0 Å². The molecule has 0 radical (unpaired) electrons. The number of hydrogen-bond acceptors (Lipinski definition) is 4. The lowest BCUT2D eigenvalue weighted by molar-refractivity contribution is -0.123. The van der Waals surface area contributed by atoms with E-state index in [0.29, 0.717) is 21.1 Å². The van der Waals surface area contributed by atoms with Crippen LogP contribution in [0.3, 0.4) is 0 Å². The van der Waals surface area contributed by atoms with Gasteiger partial charge in [-0.3, -0.25) is 9.69 Å². The third-order valence-electron chi connectivity index (χ3n) is 6.95. The number of nitrogens with one attached hydrogen (secondary N) is 1. The number of primary amides is 1. The van der Waals surface area contributed by atoms with Crippen molar-refractivity contribution in [2.45, 2.75) is 44.7 Å². The predicted octanol–water partition coefficient (Wildman–Crippen LogP) is 5.99. The zero-order valence-electron chi connectivity index (χ0n) is 18.9. The van der Waals surface area contributed by atoms with Crippen LogP contribution in [0.25, 0.3) is 0 Å². The zero-order valence-corrected chi connectivity index (χ0v) is 21.1. The largest absolute Gasteiger partial charge is 0.377 e. The van der Waals surface area contributed by atoms with Crippen molar-refractivity contribution in [2.24, 2.45) is 11.7 Å². The SMILES string of the molecule is C[C@@H](Nc1cc(N2CCC(N3CCCC(C(N)=O)C3)CC2)ccc1Cl)c1ccc(Cl)cc1Cl. The Balaban J connectivity index is 1.39. The van der Waals surface area contributed by atoms with Crippen molar-refractivity contribution in [3.63, 3.8) is 0 Å². The molecule has 2 atom stereocenters. The Bertz CT molecular complexity index is 994. The van der Waals surface area contributed by atoms with E-state index in [2.05, 4.69) is 34.2 Å². The van der Waals surface area contributed by atoms with Crippen LogP contribution in [0.2, 0.25) is 15.1 Å². The number of carbonyl (C=O) groups excluding carboxylic acids is 1. The van der Waals surface area contributed by atoms with Gasteiger partial charge in [-0.2, -0.15) is 0 Å². The van der Waals surface area contributed by atoms with E-state index in [1.807, 2.05) is 18.2 Å². The van der Waals surface area contributed by atoms with Crippen LogP contribution in [-0.2, 0) is 4.79 Å². The van der Waals surface area contributed by atoms with Gasteiger partial charge in [0.2, 0.25) is 5.91 Å². The highest BCUT2D eigenvalue weighted by Gasteiger charge is 2.31. The fraction of sp³-hybridized carbons (Fsp3) is 0.480. The molecule has 2 aliphatic heterocycles. The van der Waals surface area contributed by atoms with Crippen LogP contribution in [0.4, 0.5) is 11.4 Å². The Morgan fingerprint density at radius 3 is 2.48 bits per heavy atom. The zero-order chi connectivity index (χ0) is 23.5. The molecule has 5 nitrogen and oxygen atoms in total. The average molecular weight is 510 g/mol. The molecule has 0 saturated carbocycles. The molecular weight excluding hydrogens is 479 g/mol. The summed E-state index contributed by atoms with van der Waals surface area (Å²) in [6.45, 7) is 5.88. The molecule has 178 valence electrons. The van der Waals surface area contributed by atoms with E-state index in [9.17, 15) is 4.79 Å². The molecule has 0 spiro atoms. The van der Waals surface area contributed by atoms with Gasteiger partial charge >= 0.3 is 0 Å². The van der Waals surface area contributed by atoms with Crippen molar-refractivity contribution in [2.75, 3.05) is 36.4 Å². The maximum absolute atomic E-state index is 11.6. The number of anilines is 2. The second kappa shape index (κ2) is 10.7. The fourth-order valence-corrected chi connectivity index (χ4v) is 5.79. The van der Waals surface area contributed by atoms with Crippen molar-refractivity contribution >= 4 is 52.1 Å². The molecule has 3 N–H and O–H groups in total. The lowest BCUT2D eigenvalue weighted by Gasteiger charge is -2.42. The number of halogens is 3. The molecule has 2 aromatic carbocycles. The van der Waals surface area contributed by atoms with Crippen LogP contribution in [0.15, 0.2) is 36.4 Å². The molecule has 2 fully saturated rings. The van der Waals surface area contributed by atoms with Gasteiger partial charge in [-0.05, 0) is 75.0 Å². The number of piperidine rings is 2. The molecular formula is C25H31Cl3N4O. The summed E-state index contributed by atoms with van der Waals surface area (Å²) in [5, 5.41) is 5.43. The summed E-state index contributed by atoms with van der Waals surface area (Å²) in [7, 11) is 0. The number of nitrogens with zero attached hydrogens (tertiary/aromatic N) is 2. The third-order valence-corrected chi connectivity index (χ3v) is 7.84. The minimum Gasteiger partial charge on any atom is -0.377 e. The Hall–Kier alpha value is -1.66. The first-order valence-corrected chi connectivity index (χ1v) is 12.7. The molecule has 2 aromatic rings. The van der Waals surface area contributed by atoms with Gasteiger partial charge in [-0.25, -0.2) is 0 Å². The predicted molar refractivity (Wildman–Crippen MR) is 139 cm³/mol. The normalized spacial score (nSPS) is 21.1. The second-order valence-corrected chi connectivity index (χ2v) is 10.4. The molecule has 4 rings (SSSR count). The second-order valence-electron chi connectivity index (χ2n) is 9.15. The number of amides is 1. The van der Waals surface area contributed by atoms with Crippen molar-refractivity contribution in [1.29, 1.82) is 0 Å². The maximum atomic E-state index is 11.6. The number of benzene rings is 2. The van der Waals surface area contributed by atoms with Gasteiger partial charge in [0.25, 0.3) is 0 Å². The molecule has 0 aromatic heterocycles. The van der Waals surface area contributed by atoms with E-state index in [4.69, 9.17) is 40.5 Å². The standard InChI is InChI=1S/C25H31Cl3N4O/c1-16(21-6-4-18(26)13-23(21)28)30-24-14-20(5-7-22(24)27)31-11-8-19(9-12-31)32-10-2-3-17(15-32)25(29)33/h4-7,13-14,16-17,19,30H,2-3,8-12,15H2,1H3,(H2,29,33)/t16-,17?/m1/s1. The van der Waals surface area contributed by atoms with Gasteiger partial charge in [0.15, 0.2) is 0 Å². The van der Waals surface area contributed by atoms with Crippen LogP contribution in [0.1, 0.15) is 44.2 Å². The molecule has 2 saturated heterocycles. The third kappa shape index (κ3) is 5.89. The molecule has 0 aliphatic carbocycles. The van der Waals surface area contributed by atoms with Gasteiger partial charge in [-0.1, -0.05) is 40.9 Å². The summed E-state index contributed by atoms with van der Waals surface area (Å²) in [6, 6.07) is 12.2. The van der Waals surface area contributed by atoms with E-state index >= 15 is 0 Å². The van der Waals surface area contributed by atoms with Gasteiger partial charge in [0.1, 0.15) is 0 Å². The number of nitrogens with two attached hydrogens (primary N) is 1. The Labute approximate surface area is 211 Å². The van der Waals surface area contributed by atoms with Crippen molar-refractivity contribution < 1.29 is 4.79 Å². The average Bonchev–Trinajstić information content (AvgIpc) is 2.80. The minimum absolute atomic E-state index is 0.00203. The van der Waals surface area contributed by atoms with Crippen LogP contribution < -0.4 is 16.0 Å². The molecule has 33 heavy (non-hydrogen) atoms. The quantitative estimate of drug-likeness (QED) is 0.502. The number of rotatable bonds is 6. The van der Waals surface area contributed by atoms with E-state index in [0.717, 1.165) is 68.8 Å². The molecule has 0 bridgehead atoms. The lowest BCUT2D eigenvalue weighted by Crippen LogP contribution is -2.50. The highest BCUT2D eigenvalue weighted by atomic mass is 35.5.